The van der Waals surface area contributed by atoms with Crippen LogP contribution in [-0.4, -0.2) is 28.5 Å². The molecule has 5 nitrogen and oxygen atoms in total. The third-order valence-corrected chi connectivity index (χ3v) is 2.63. The van der Waals surface area contributed by atoms with Gasteiger partial charge in [-0.3, -0.25) is 9.78 Å². The summed E-state index contributed by atoms with van der Waals surface area (Å²) in [6, 6.07) is 0.140. The van der Waals surface area contributed by atoms with Crippen molar-refractivity contribution in [3.05, 3.63) is 18.1 Å². The molecule has 0 saturated carbocycles. The molecule has 0 spiro atoms. The first-order chi connectivity index (χ1) is 9.02. The SMILES string of the molecule is CCCNc1cncc(C(=O)NC(C)CC(C)C)n1. The number of hydrogen-bond acceptors (Lipinski definition) is 4. The molecule has 0 saturated heterocycles. The Balaban J connectivity index is 2.61. The number of aromatic nitrogens is 2. The van der Waals surface area contributed by atoms with E-state index < -0.39 is 0 Å². The van der Waals surface area contributed by atoms with E-state index in [4.69, 9.17) is 0 Å². The monoisotopic (exact) mass is 264 g/mol. The van der Waals surface area contributed by atoms with Crippen molar-refractivity contribution in [1.82, 2.24) is 15.3 Å². The molecular formula is C14H24N4O. The Morgan fingerprint density at radius 3 is 2.68 bits per heavy atom. The molecule has 1 amide bonds. The van der Waals surface area contributed by atoms with E-state index >= 15 is 0 Å². The van der Waals surface area contributed by atoms with E-state index in [9.17, 15) is 4.79 Å². The Labute approximate surface area is 115 Å². The van der Waals surface area contributed by atoms with Gasteiger partial charge >= 0.3 is 0 Å². The van der Waals surface area contributed by atoms with Crippen LogP contribution in [0.15, 0.2) is 12.4 Å². The Morgan fingerprint density at radius 2 is 2.05 bits per heavy atom. The van der Waals surface area contributed by atoms with Gasteiger partial charge in [0.15, 0.2) is 0 Å². The number of rotatable bonds is 7. The number of nitrogens with zero attached hydrogens (tertiary/aromatic N) is 2. The average molecular weight is 264 g/mol. The first kappa shape index (κ1) is 15.4. The van der Waals surface area contributed by atoms with E-state index in [1.807, 2.05) is 6.92 Å². The van der Waals surface area contributed by atoms with Gasteiger partial charge in [-0.15, -0.1) is 0 Å². The van der Waals surface area contributed by atoms with E-state index in [1.54, 1.807) is 6.20 Å². The van der Waals surface area contributed by atoms with Crippen LogP contribution in [0.25, 0.3) is 0 Å². The standard InChI is InChI=1S/C14H24N4O/c1-5-6-16-13-9-15-8-12(18-13)14(19)17-11(4)7-10(2)3/h8-11H,5-7H2,1-4H3,(H,16,18)(H,17,19). The van der Waals surface area contributed by atoms with Gasteiger partial charge in [-0.2, -0.15) is 0 Å². The molecule has 0 aliphatic carbocycles. The molecule has 106 valence electrons. The highest BCUT2D eigenvalue weighted by molar-refractivity contribution is 5.92. The maximum absolute atomic E-state index is 12.0. The molecule has 1 atom stereocenters. The van der Waals surface area contributed by atoms with Crippen LogP contribution in [0.5, 0.6) is 0 Å². The lowest BCUT2D eigenvalue weighted by atomic mass is 10.1. The Bertz CT molecular complexity index is 406. The van der Waals surface area contributed by atoms with Crippen molar-refractivity contribution >= 4 is 11.7 Å². The smallest absolute Gasteiger partial charge is 0.271 e. The number of carbonyl (C=O) groups excluding carboxylic acids is 1. The summed E-state index contributed by atoms with van der Waals surface area (Å²) in [5.74, 6) is 1.03. The molecule has 19 heavy (non-hydrogen) atoms. The maximum Gasteiger partial charge on any atom is 0.271 e. The topological polar surface area (TPSA) is 66.9 Å². The molecule has 1 unspecified atom stereocenters. The van der Waals surface area contributed by atoms with Crippen molar-refractivity contribution in [2.45, 2.75) is 46.6 Å². The van der Waals surface area contributed by atoms with Crippen LogP contribution in [-0.2, 0) is 0 Å². The largest absolute Gasteiger partial charge is 0.369 e. The van der Waals surface area contributed by atoms with Gasteiger partial charge in [0.1, 0.15) is 11.5 Å². The third-order valence-electron chi connectivity index (χ3n) is 2.63. The minimum atomic E-state index is -0.166. The highest BCUT2D eigenvalue weighted by Crippen LogP contribution is 2.06. The summed E-state index contributed by atoms with van der Waals surface area (Å²) in [6.45, 7) is 9.17. The molecule has 0 aliphatic rings. The lowest BCUT2D eigenvalue weighted by Gasteiger charge is -2.15. The summed E-state index contributed by atoms with van der Waals surface area (Å²) in [6.07, 6.45) is 5.08. The maximum atomic E-state index is 12.0. The van der Waals surface area contributed by atoms with E-state index in [0.717, 1.165) is 19.4 Å². The number of nitrogens with one attached hydrogen (secondary N) is 2. The second-order valence-electron chi connectivity index (χ2n) is 5.22. The van der Waals surface area contributed by atoms with Crippen LogP contribution in [0.3, 0.4) is 0 Å². The van der Waals surface area contributed by atoms with Crippen LogP contribution in [0.4, 0.5) is 5.82 Å². The predicted molar refractivity (Wildman–Crippen MR) is 77.2 cm³/mol. The minimum absolute atomic E-state index is 0.140. The molecule has 1 aromatic heterocycles. The van der Waals surface area contributed by atoms with E-state index in [-0.39, 0.29) is 11.9 Å². The van der Waals surface area contributed by atoms with Crippen molar-refractivity contribution in [2.75, 3.05) is 11.9 Å². The fourth-order valence-corrected chi connectivity index (χ4v) is 1.88. The zero-order valence-electron chi connectivity index (χ0n) is 12.2. The highest BCUT2D eigenvalue weighted by Gasteiger charge is 2.13. The van der Waals surface area contributed by atoms with E-state index in [1.165, 1.54) is 6.20 Å². The van der Waals surface area contributed by atoms with Crippen molar-refractivity contribution in [3.8, 4) is 0 Å². The van der Waals surface area contributed by atoms with Crippen LogP contribution in [0.2, 0.25) is 0 Å². The molecule has 1 aromatic rings. The number of hydrogen-bond donors (Lipinski definition) is 2. The summed E-state index contributed by atoms with van der Waals surface area (Å²) in [5.41, 5.74) is 0.358. The molecule has 0 bridgehead atoms. The number of amides is 1. The van der Waals surface area contributed by atoms with Gasteiger partial charge in [-0.25, -0.2) is 4.98 Å². The Morgan fingerprint density at radius 1 is 1.32 bits per heavy atom. The molecule has 0 radical (unpaired) electrons. The van der Waals surface area contributed by atoms with Crippen LogP contribution in [0.1, 0.15) is 51.0 Å². The number of carbonyl (C=O) groups is 1. The molecule has 1 heterocycles. The minimum Gasteiger partial charge on any atom is -0.369 e. The lowest BCUT2D eigenvalue weighted by molar-refractivity contribution is 0.0931. The lowest BCUT2D eigenvalue weighted by Crippen LogP contribution is -2.34. The van der Waals surface area contributed by atoms with Crippen LogP contribution in [0, 0.1) is 5.92 Å². The van der Waals surface area contributed by atoms with E-state index in [0.29, 0.717) is 17.4 Å². The predicted octanol–water partition coefficient (Wildman–Crippen LogP) is 2.46. The van der Waals surface area contributed by atoms with Gasteiger partial charge in [-0.05, 0) is 25.7 Å². The molecule has 2 N–H and O–H groups in total. The van der Waals surface area contributed by atoms with Crippen LogP contribution < -0.4 is 10.6 Å². The molecule has 0 fully saturated rings. The van der Waals surface area contributed by atoms with Gasteiger partial charge in [-0.1, -0.05) is 20.8 Å². The highest BCUT2D eigenvalue weighted by atomic mass is 16.1. The van der Waals surface area contributed by atoms with Crippen molar-refractivity contribution < 1.29 is 4.79 Å². The number of anilines is 1. The summed E-state index contributed by atoms with van der Waals surface area (Å²) >= 11 is 0. The Kier molecular flexibility index (Phi) is 6.25. The second-order valence-corrected chi connectivity index (χ2v) is 5.22. The Hall–Kier alpha value is -1.65. The van der Waals surface area contributed by atoms with Gasteiger partial charge in [0.2, 0.25) is 0 Å². The first-order valence-corrected chi connectivity index (χ1v) is 6.89. The van der Waals surface area contributed by atoms with Crippen molar-refractivity contribution in [1.29, 1.82) is 0 Å². The van der Waals surface area contributed by atoms with Crippen molar-refractivity contribution in [2.24, 2.45) is 5.92 Å². The zero-order chi connectivity index (χ0) is 14.3. The van der Waals surface area contributed by atoms with Gasteiger partial charge in [0, 0.05) is 12.6 Å². The average Bonchev–Trinajstić information content (AvgIpc) is 2.35. The second kappa shape index (κ2) is 7.71. The first-order valence-electron chi connectivity index (χ1n) is 6.89. The molecular weight excluding hydrogens is 240 g/mol. The van der Waals surface area contributed by atoms with E-state index in [2.05, 4.69) is 41.4 Å². The van der Waals surface area contributed by atoms with Gasteiger partial charge in [0.25, 0.3) is 5.91 Å². The molecule has 5 heteroatoms. The fraction of sp³-hybridized carbons (Fsp3) is 0.643. The molecule has 0 aliphatic heterocycles. The summed E-state index contributed by atoms with van der Waals surface area (Å²) in [4.78, 5) is 20.3. The molecule has 0 aromatic carbocycles. The normalized spacial score (nSPS) is 12.3. The third kappa shape index (κ3) is 5.68. The fourth-order valence-electron chi connectivity index (χ4n) is 1.88. The summed E-state index contributed by atoms with van der Waals surface area (Å²) in [7, 11) is 0. The van der Waals surface area contributed by atoms with Crippen molar-refractivity contribution in [3.63, 3.8) is 0 Å². The quantitative estimate of drug-likeness (QED) is 0.794. The van der Waals surface area contributed by atoms with Gasteiger partial charge in [0.05, 0.1) is 12.4 Å². The summed E-state index contributed by atoms with van der Waals surface area (Å²) < 4.78 is 0. The zero-order valence-corrected chi connectivity index (χ0v) is 12.2. The van der Waals surface area contributed by atoms with Gasteiger partial charge < -0.3 is 10.6 Å². The molecule has 1 rings (SSSR count). The summed E-state index contributed by atoms with van der Waals surface area (Å²) in [5, 5.41) is 6.06. The van der Waals surface area contributed by atoms with Crippen LogP contribution >= 0.6 is 0 Å².